The van der Waals surface area contributed by atoms with E-state index in [-0.39, 0.29) is 16.8 Å². The van der Waals surface area contributed by atoms with Crippen LogP contribution in [0.4, 0.5) is 10.1 Å². The Morgan fingerprint density at radius 3 is 2.62 bits per heavy atom. The van der Waals surface area contributed by atoms with E-state index >= 15 is 0 Å². The number of rotatable bonds is 1. The predicted molar refractivity (Wildman–Crippen MR) is 82.4 cm³/mol. The summed E-state index contributed by atoms with van der Waals surface area (Å²) >= 11 is 5.74. The van der Waals surface area contributed by atoms with Crippen molar-refractivity contribution in [3.63, 3.8) is 0 Å². The molecule has 0 saturated heterocycles. The van der Waals surface area contributed by atoms with Crippen molar-refractivity contribution in [2.75, 3.05) is 5.32 Å². The van der Waals surface area contributed by atoms with Gasteiger partial charge in [-0.1, -0.05) is 23.7 Å². The monoisotopic (exact) mass is 303 g/mol. The first-order valence-corrected chi connectivity index (χ1v) is 7.19. The minimum atomic E-state index is -0.453. The highest BCUT2D eigenvalue weighted by molar-refractivity contribution is 6.30. The van der Waals surface area contributed by atoms with Crippen LogP contribution in [-0.2, 0) is 4.79 Å². The molecule has 0 aliphatic carbocycles. The number of benzene rings is 2. The van der Waals surface area contributed by atoms with Crippen LogP contribution in [0.5, 0.6) is 0 Å². The van der Waals surface area contributed by atoms with Gasteiger partial charge in [0.25, 0.3) is 0 Å². The number of fused-ring (bicyclic) bond motifs is 1. The summed E-state index contributed by atoms with van der Waals surface area (Å²) < 4.78 is 13.7. The van der Waals surface area contributed by atoms with Crippen LogP contribution in [0, 0.1) is 19.7 Å². The number of anilines is 1. The number of halogens is 2. The van der Waals surface area contributed by atoms with E-state index in [0.29, 0.717) is 6.42 Å². The van der Waals surface area contributed by atoms with Crippen molar-refractivity contribution >= 4 is 23.2 Å². The second-order valence-corrected chi connectivity index (χ2v) is 5.91. The van der Waals surface area contributed by atoms with Crippen molar-refractivity contribution in [2.45, 2.75) is 26.2 Å². The molecule has 108 valence electrons. The Hall–Kier alpha value is -1.87. The van der Waals surface area contributed by atoms with Crippen molar-refractivity contribution < 1.29 is 9.18 Å². The van der Waals surface area contributed by atoms with E-state index < -0.39 is 5.82 Å². The minimum absolute atomic E-state index is 0.0499. The van der Waals surface area contributed by atoms with E-state index in [1.807, 2.05) is 19.9 Å². The maximum atomic E-state index is 13.7. The van der Waals surface area contributed by atoms with Gasteiger partial charge >= 0.3 is 0 Å². The first-order chi connectivity index (χ1) is 9.95. The lowest BCUT2D eigenvalue weighted by atomic mass is 9.83. The van der Waals surface area contributed by atoms with Crippen LogP contribution in [0.2, 0.25) is 5.02 Å². The second-order valence-electron chi connectivity index (χ2n) is 5.50. The molecule has 2 aromatic carbocycles. The first-order valence-electron chi connectivity index (χ1n) is 6.81. The maximum absolute atomic E-state index is 13.7. The zero-order chi connectivity index (χ0) is 15.1. The second kappa shape index (κ2) is 5.15. The van der Waals surface area contributed by atoms with Gasteiger partial charge < -0.3 is 5.32 Å². The van der Waals surface area contributed by atoms with E-state index in [4.69, 9.17) is 11.6 Å². The van der Waals surface area contributed by atoms with Crippen LogP contribution < -0.4 is 5.32 Å². The molecular weight excluding hydrogens is 289 g/mol. The van der Waals surface area contributed by atoms with Crippen molar-refractivity contribution in [1.82, 2.24) is 0 Å². The molecule has 0 aromatic heterocycles. The van der Waals surface area contributed by atoms with Crippen molar-refractivity contribution in [3.8, 4) is 0 Å². The van der Waals surface area contributed by atoms with E-state index in [9.17, 15) is 9.18 Å². The van der Waals surface area contributed by atoms with Gasteiger partial charge in [-0.15, -0.1) is 0 Å². The van der Waals surface area contributed by atoms with Crippen LogP contribution >= 0.6 is 11.6 Å². The van der Waals surface area contributed by atoms with Crippen molar-refractivity contribution in [1.29, 1.82) is 0 Å². The Kier molecular flexibility index (Phi) is 3.46. The summed E-state index contributed by atoms with van der Waals surface area (Å²) in [5, 5.41) is 2.99. The minimum Gasteiger partial charge on any atom is -0.326 e. The summed E-state index contributed by atoms with van der Waals surface area (Å²) in [7, 11) is 0. The molecule has 2 nitrogen and oxygen atoms in total. The third kappa shape index (κ3) is 2.54. The molecular formula is C17H15ClFNO. The van der Waals surface area contributed by atoms with Crippen molar-refractivity contribution in [3.05, 3.63) is 63.4 Å². The van der Waals surface area contributed by atoms with Crippen LogP contribution in [0.25, 0.3) is 0 Å². The SMILES string of the molecule is Cc1cc2c(cc1C)[C@@H](c1ccc(Cl)c(F)c1)CC(=O)N2. The molecule has 0 radical (unpaired) electrons. The Morgan fingerprint density at radius 2 is 1.90 bits per heavy atom. The van der Waals surface area contributed by atoms with Crippen LogP contribution in [0.1, 0.15) is 34.6 Å². The summed E-state index contributed by atoms with van der Waals surface area (Å²) in [4.78, 5) is 11.9. The molecule has 0 bridgehead atoms. The molecule has 2 aromatic rings. The third-order valence-electron chi connectivity index (χ3n) is 4.05. The number of carbonyl (C=O) groups is 1. The summed E-state index contributed by atoms with van der Waals surface area (Å²) in [6, 6.07) is 8.79. The Labute approximate surface area is 127 Å². The number of carbonyl (C=O) groups excluding carboxylic acids is 1. The molecule has 1 heterocycles. The van der Waals surface area contributed by atoms with E-state index in [1.165, 1.54) is 6.07 Å². The predicted octanol–water partition coefficient (Wildman–Crippen LogP) is 4.57. The topological polar surface area (TPSA) is 29.1 Å². The van der Waals surface area contributed by atoms with Gasteiger partial charge in [0.05, 0.1) is 5.02 Å². The number of hydrogen-bond acceptors (Lipinski definition) is 1. The van der Waals surface area contributed by atoms with E-state index in [2.05, 4.69) is 11.4 Å². The Morgan fingerprint density at radius 1 is 1.19 bits per heavy atom. The van der Waals surface area contributed by atoms with Gasteiger partial charge in [0.2, 0.25) is 5.91 Å². The summed E-state index contributed by atoms with van der Waals surface area (Å²) in [5.74, 6) is -0.642. The van der Waals surface area contributed by atoms with Crippen LogP contribution in [0.15, 0.2) is 30.3 Å². The molecule has 1 amide bonds. The highest BCUT2D eigenvalue weighted by Gasteiger charge is 2.27. The molecule has 0 fully saturated rings. The highest BCUT2D eigenvalue weighted by atomic mass is 35.5. The summed E-state index contributed by atoms with van der Waals surface area (Å²) in [5.41, 5.74) is 4.90. The van der Waals surface area contributed by atoms with Gasteiger partial charge in [-0.25, -0.2) is 4.39 Å². The highest BCUT2D eigenvalue weighted by Crippen LogP contribution is 2.39. The Balaban J connectivity index is 2.14. The van der Waals surface area contributed by atoms with Gasteiger partial charge in [-0.05, 0) is 54.3 Å². The summed E-state index contributed by atoms with van der Waals surface area (Å²) in [6.07, 6.45) is 0.316. The van der Waals surface area contributed by atoms with Crippen molar-refractivity contribution in [2.24, 2.45) is 0 Å². The molecule has 1 N–H and O–H groups in total. The lowest BCUT2D eigenvalue weighted by Crippen LogP contribution is -2.24. The fraction of sp³-hybridized carbons (Fsp3) is 0.235. The molecule has 1 aliphatic heterocycles. The lowest BCUT2D eigenvalue weighted by Gasteiger charge is -2.27. The molecule has 21 heavy (non-hydrogen) atoms. The number of amides is 1. The molecule has 3 rings (SSSR count). The molecule has 1 atom stereocenters. The average molecular weight is 304 g/mol. The van der Waals surface area contributed by atoms with Crippen LogP contribution in [-0.4, -0.2) is 5.91 Å². The molecule has 4 heteroatoms. The standard InChI is InChI=1S/C17H15ClFNO/c1-9-5-13-12(11-3-4-14(18)15(19)7-11)8-17(21)20-16(13)6-10(9)2/h3-7,12H,8H2,1-2H3,(H,20,21)/t12-/m1/s1. The fourth-order valence-corrected chi connectivity index (χ4v) is 2.88. The Bertz CT molecular complexity index is 742. The molecule has 0 unspecified atom stereocenters. The average Bonchev–Trinajstić information content (AvgIpc) is 2.43. The van der Waals surface area contributed by atoms with Gasteiger partial charge in [0.15, 0.2) is 0 Å². The third-order valence-corrected chi connectivity index (χ3v) is 4.36. The van der Waals surface area contributed by atoms with Gasteiger partial charge in [0, 0.05) is 18.0 Å². The first kappa shape index (κ1) is 14.1. The van der Waals surface area contributed by atoms with Gasteiger partial charge in [-0.2, -0.15) is 0 Å². The fourth-order valence-electron chi connectivity index (χ4n) is 2.76. The lowest BCUT2D eigenvalue weighted by molar-refractivity contribution is -0.116. The van der Waals surface area contributed by atoms with E-state index in [1.54, 1.807) is 12.1 Å². The normalized spacial score (nSPS) is 17.3. The van der Waals surface area contributed by atoms with Gasteiger partial charge in [-0.3, -0.25) is 4.79 Å². The molecule has 0 saturated carbocycles. The smallest absolute Gasteiger partial charge is 0.225 e. The molecule has 1 aliphatic rings. The number of aryl methyl sites for hydroxylation is 2. The molecule has 0 spiro atoms. The number of hydrogen-bond donors (Lipinski definition) is 1. The zero-order valence-corrected chi connectivity index (χ0v) is 12.6. The van der Waals surface area contributed by atoms with Crippen LogP contribution in [0.3, 0.4) is 0 Å². The van der Waals surface area contributed by atoms with Gasteiger partial charge in [0.1, 0.15) is 5.82 Å². The zero-order valence-electron chi connectivity index (χ0n) is 11.8. The maximum Gasteiger partial charge on any atom is 0.225 e. The number of nitrogens with one attached hydrogen (secondary N) is 1. The van der Waals surface area contributed by atoms with E-state index in [0.717, 1.165) is 27.9 Å². The quantitative estimate of drug-likeness (QED) is 0.821. The summed E-state index contributed by atoms with van der Waals surface area (Å²) in [6.45, 7) is 4.04. The largest absolute Gasteiger partial charge is 0.326 e.